The Morgan fingerprint density at radius 3 is 2.59 bits per heavy atom. The van der Waals surface area contributed by atoms with Gasteiger partial charge in [0.2, 0.25) is 0 Å². The number of nitrogens with two attached hydrogens (primary N) is 1. The van der Waals surface area contributed by atoms with Crippen LogP contribution in [0.4, 0.5) is 24.5 Å². The van der Waals surface area contributed by atoms with Crippen LogP contribution in [0.2, 0.25) is 0 Å². The fourth-order valence-electron chi connectivity index (χ4n) is 1.48. The molecule has 3 nitrogen and oxygen atoms in total. The van der Waals surface area contributed by atoms with Crippen molar-refractivity contribution < 1.29 is 17.9 Å². The summed E-state index contributed by atoms with van der Waals surface area (Å²) in [6.07, 6.45) is -5.07. The van der Waals surface area contributed by atoms with E-state index in [0.717, 1.165) is 0 Å². The number of hydrogen-bond acceptors (Lipinski definition) is 3. The Morgan fingerprint density at radius 2 is 2.06 bits per heavy atom. The Bertz CT molecular complexity index is 379. The van der Waals surface area contributed by atoms with E-state index >= 15 is 0 Å². The molecule has 0 saturated heterocycles. The molecule has 0 aromatic heterocycles. The summed E-state index contributed by atoms with van der Waals surface area (Å²) in [6.45, 7) is 1.47. The molecule has 0 amide bonds. The molecule has 1 atom stereocenters. The van der Waals surface area contributed by atoms with E-state index in [1.54, 1.807) is 18.2 Å². The number of nitrogen functional groups attached to an aromatic ring is 1. The van der Waals surface area contributed by atoms with Crippen LogP contribution in [0, 0.1) is 0 Å². The van der Waals surface area contributed by atoms with Crippen molar-refractivity contribution in [2.75, 3.05) is 18.2 Å². The Kier molecular flexibility index (Phi) is 4.09. The number of nitrogens with one attached hydrogen (secondary N) is 1. The highest BCUT2D eigenvalue weighted by atomic mass is 19.4. The quantitative estimate of drug-likeness (QED) is 0.805. The van der Waals surface area contributed by atoms with Gasteiger partial charge < -0.3 is 15.8 Å². The van der Waals surface area contributed by atoms with Crippen molar-refractivity contribution in [1.82, 2.24) is 0 Å². The van der Waals surface area contributed by atoms with Gasteiger partial charge in [-0.2, -0.15) is 13.2 Å². The highest BCUT2D eigenvalue weighted by molar-refractivity contribution is 5.61. The number of anilines is 2. The molecule has 0 aliphatic rings. The number of alkyl halides is 3. The fourth-order valence-corrected chi connectivity index (χ4v) is 1.48. The summed E-state index contributed by atoms with van der Waals surface area (Å²) < 4.78 is 41.4. The van der Waals surface area contributed by atoms with Gasteiger partial charge in [-0.05, 0) is 19.1 Å². The molecule has 1 aromatic carbocycles. The summed E-state index contributed by atoms with van der Waals surface area (Å²) in [7, 11) is 1.45. The summed E-state index contributed by atoms with van der Waals surface area (Å²) in [5.74, 6) is 0.439. The lowest BCUT2D eigenvalue weighted by Gasteiger charge is -2.17. The first kappa shape index (κ1) is 13.5. The molecule has 0 aliphatic heterocycles. The molecule has 0 aliphatic carbocycles. The third-order valence-electron chi connectivity index (χ3n) is 2.18. The van der Waals surface area contributed by atoms with Crippen molar-refractivity contribution >= 4 is 11.4 Å². The van der Waals surface area contributed by atoms with Crippen LogP contribution >= 0.6 is 0 Å². The molecule has 0 fully saturated rings. The fraction of sp³-hybridized carbons (Fsp3) is 0.455. The van der Waals surface area contributed by atoms with E-state index < -0.39 is 18.6 Å². The van der Waals surface area contributed by atoms with Crippen molar-refractivity contribution in [2.45, 2.75) is 25.6 Å². The van der Waals surface area contributed by atoms with E-state index in [1.807, 2.05) is 0 Å². The van der Waals surface area contributed by atoms with Crippen molar-refractivity contribution in [2.24, 2.45) is 0 Å². The largest absolute Gasteiger partial charge is 0.495 e. The molecule has 0 heterocycles. The van der Waals surface area contributed by atoms with Crippen molar-refractivity contribution in [1.29, 1.82) is 0 Å². The van der Waals surface area contributed by atoms with Gasteiger partial charge in [-0.3, -0.25) is 0 Å². The van der Waals surface area contributed by atoms with Crippen LogP contribution in [-0.2, 0) is 0 Å². The molecule has 0 spiro atoms. The molecule has 6 heteroatoms. The first-order chi connectivity index (χ1) is 7.81. The maximum absolute atomic E-state index is 12.1. The van der Waals surface area contributed by atoms with Gasteiger partial charge in [0.25, 0.3) is 0 Å². The predicted octanol–water partition coefficient (Wildman–Crippen LogP) is 3.03. The van der Waals surface area contributed by atoms with E-state index in [9.17, 15) is 13.2 Å². The summed E-state index contributed by atoms with van der Waals surface area (Å²) in [5, 5.41) is 2.74. The van der Waals surface area contributed by atoms with Crippen LogP contribution in [0.15, 0.2) is 18.2 Å². The molecular weight excluding hydrogens is 233 g/mol. The average Bonchev–Trinajstić information content (AvgIpc) is 2.18. The zero-order chi connectivity index (χ0) is 13.1. The van der Waals surface area contributed by atoms with Gasteiger partial charge in [0.1, 0.15) is 5.75 Å². The van der Waals surface area contributed by atoms with Gasteiger partial charge in [-0.15, -0.1) is 0 Å². The standard InChI is InChI=1S/C11H15F3N2O/c1-7(6-11(12,13)14)16-8-3-4-9(15)10(5-8)17-2/h3-5,7,16H,6,15H2,1-2H3. The van der Waals surface area contributed by atoms with Gasteiger partial charge >= 0.3 is 6.18 Å². The predicted molar refractivity (Wildman–Crippen MR) is 61.2 cm³/mol. The monoisotopic (exact) mass is 248 g/mol. The lowest BCUT2D eigenvalue weighted by atomic mass is 10.2. The molecular formula is C11H15F3N2O. The third-order valence-corrected chi connectivity index (χ3v) is 2.18. The summed E-state index contributed by atoms with van der Waals surface area (Å²) in [5.41, 5.74) is 6.59. The normalized spacial score (nSPS) is 13.2. The zero-order valence-electron chi connectivity index (χ0n) is 9.64. The minimum atomic E-state index is -4.18. The number of methoxy groups -OCH3 is 1. The molecule has 96 valence electrons. The lowest BCUT2D eigenvalue weighted by Crippen LogP contribution is -2.23. The number of ether oxygens (including phenoxy) is 1. The molecule has 0 bridgehead atoms. The Hall–Kier alpha value is -1.59. The van der Waals surface area contributed by atoms with E-state index in [2.05, 4.69) is 5.32 Å². The van der Waals surface area contributed by atoms with Crippen molar-refractivity contribution in [3.8, 4) is 5.75 Å². The molecule has 0 radical (unpaired) electrons. The van der Waals surface area contributed by atoms with Crippen molar-refractivity contribution in [3.63, 3.8) is 0 Å². The number of benzene rings is 1. The maximum atomic E-state index is 12.1. The minimum Gasteiger partial charge on any atom is -0.495 e. The average molecular weight is 248 g/mol. The van der Waals surface area contributed by atoms with Crippen LogP contribution in [0.3, 0.4) is 0 Å². The second kappa shape index (κ2) is 5.16. The Labute approximate surface area is 97.8 Å². The number of halogens is 3. The van der Waals surface area contributed by atoms with Gasteiger partial charge in [-0.1, -0.05) is 0 Å². The van der Waals surface area contributed by atoms with E-state index in [1.165, 1.54) is 14.0 Å². The van der Waals surface area contributed by atoms with Crippen LogP contribution in [0.25, 0.3) is 0 Å². The van der Waals surface area contributed by atoms with Gasteiger partial charge in [0.05, 0.1) is 19.2 Å². The smallest absolute Gasteiger partial charge is 0.391 e. The van der Waals surface area contributed by atoms with Crippen molar-refractivity contribution in [3.05, 3.63) is 18.2 Å². The topological polar surface area (TPSA) is 47.3 Å². The van der Waals surface area contributed by atoms with E-state index in [4.69, 9.17) is 10.5 Å². The number of hydrogen-bond donors (Lipinski definition) is 2. The van der Waals surface area contributed by atoms with Crippen LogP contribution in [0.1, 0.15) is 13.3 Å². The van der Waals surface area contributed by atoms with E-state index in [0.29, 0.717) is 17.1 Å². The maximum Gasteiger partial charge on any atom is 0.391 e. The first-order valence-electron chi connectivity index (χ1n) is 5.08. The lowest BCUT2D eigenvalue weighted by molar-refractivity contribution is -0.136. The second-order valence-corrected chi connectivity index (χ2v) is 3.82. The van der Waals surface area contributed by atoms with Gasteiger partial charge in [-0.25, -0.2) is 0 Å². The first-order valence-corrected chi connectivity index (χ1v) is 5.08. The summed E-state index contributed by atoms with van der Waals surface area (Å²) in [4.78, 5) is 0. The molecule has 17 heavy (non-hydrogen) atoms. The van der Waals surface area contributed by atoms with Gasteiger partial charge in [0, 0.05) is 17.8 Å². The van der Waals surface area contributed by atoms with Crippen LogP contribution in [0.5, 0.6) is 5.75 Å². The molecule has 1 rings (SSSR count). The Balaban J connectivity index is 2.68. The summed E-state index contributed by atoms with van der Waals surface area (Å²) >= 11 is 0. The molecule has 1 unspecified atom stereocenters. The third kappa shape index (κ3) is 4.42. The van der Waals surface area contributed by atoms with Crippen LogP contribution < -0.4 is 15.8 Å². The summed E-state index contributed by atoms with van der Waals surface area (Å²) in [6, 6.07) is 4.07. The van der Waals surface area contributed by atoms with E-state index in [-0.39, 0.29) is 0 Å². The zero-order valence-corrected chi connectivity index (χ0v) is 9.64. The molecule has 3 N–H and O–H groups in total. The highest BCUT2D eigenvalue weighted by Crippen LogP contribution is 2.27. The van der Waals surface area contributed by atoms with Crippen LogP contribution in [-0.4, -0.2) is 19.3 Å². The molecule has 0 saturated carbocycles. The second-order valence-electron chi connectivity index (χ2n) is 3.82. The minimum absolute atomic E-state index is 0.439. The number of rotatable bonds is 4. The SMILES string of the molecule is COc1cc(NC(C)CC(F)(F)F)ccc1N. The van der Waals surface area contributed by atoms with Gasteiger partial charge in [0.15, 0.2) is 0 Å². The molecule has 1 aromatic rings. The Morgan fingerprint density at radius 1 is 1.41 bits per heavy atom. The highest BCUT2D eigenvalue weighted by Gasteiger charge is 2.29.